The number of amides is 1. The van der Waals surface area contributed by atoms with Gasteiger partial charge in [0.15, 0.2) is 0 Å². The lowest BCUT2D eigenvalue weighted by Crippen LogP contribution is -2.38. The minimum absolute atomic E-state index is 0.0488. The Balaban J connectivity index is 1.76. The first-order valence-corrected chi connectivity index (χ1v) is 6.81. The van der Waals surface area contributed by atoms with Gasteiger partial charge in [-0.1, -0.05) is 6.42 Å². The van der Waals surface area contributed by atoms with Gasteiger partial charge in [0.1, 0.15) is 0 Å². The Labute approximate surface area is 103 Å². The summed E-state index contributed by atoms with van der Waals surface area (Å²) in [5.74, 6) is 1.40. The number of rotatable bonds is 4. The second kappa shape index (κ2) is 5.83. The number of nitrogens with one attached hydrogen (secondary N) is 1. The van der Waals surface area contributed by atoms with Crippen LogP contribution in [0.25, 0.3) is 0 Å². The van der Waals surface area contributed by atoms with Crippen LogP contribution in [0.5, 0.6) is 0 Å². The third-order valence-corrected chi connectivity index (χ3v) is 4.37. The molecule has 0 aromatic carbocycles. The van der Waals surface area contributed by atoms with Crippen LogP contribution in [0.1, 0.15) is 32.6 Å². The molecule has 0 radical (unpaired) electrons. The van der Waals surface area contributed by atoms with Crippen LogP contribution < -0.4 is 11.1 Å². The summed E-state index contributed by atoms with van der Waals surface area (Å²) in [7, 11) is 0. The molecule has 4 unspecified atom stereocenters. The third-order valence-electron chi connectivity index (χ3n) is 4.37. The molecule has 1 aliphatic heterocycles. The lowest BCUT2D eigenvalue weighted by molar-refractivity contribution is -0.126. The molecule has 1 amide bonds. The maximum Gasteiger partial charge on any atom is 0.225 e. The minimum atomic E-state index is 0.0488. The minimum Gasteiger partial charge on any atom is -0.378 e. The van der Waals surface area contributed by atoms with E-state index in [0.717, 1.165) is 19.5 Å². The number of ether oxygens (including phenoxy) is 1. The van der Waals surface area contributed by atoms with E-state index >= 15 is 0 Å². The molecule has 98 valence electrons. The van der Waals surface area contributed by atoms with Gasteiger partial charge in [0.2, 0.25) is 5.91 Å². The van der Waals surface area contributed by atoms with Crippen LogP contribution in [0.2, 0.25) is 0 Å². The quantitative estimate of drug-likeness (QED) is 0.767. The van der Waals surface area contributed by atoms with Crippen molar-refractivity contribution in [3.8, 4) is 0 Å². The number of hydrogen-bond acceptors (Lipinski definition) is 3. The van der Waals surface area contributed by atoms with Crippen LogP contribution in [0.4, 0.5) is 0 Å². The molecule has 0 bridgehead atoms. The Bertz CT molecular complexity index is 270. The summed E-state index contributed by atoms with van der Waals surface area (Å²) < 4.78 is 5.42. The Hall–Kier alpha value is -0.610. The van der Waals surface area contributed by atoms with Gasteiger partial charge in [-0.25, -0.2) is 0 Å². The van der Waals surface area contributed by atoms with E-state index in [1.165, 1.54) is 19.3 Å². The van der Waals surface area contributed by atoms with Crippen molar-refractivity contribution in [3.63, 3.8) is 0 Å². The predicted molar refractivity (Wildman–Crippen MR) is 66.4 cm³/mol. The molecule has 17 heavy (non-hydrogen) atoms. The molecule has 1 heterocycles. The van der Waals surface area contributed by atoms with Gasteiger partial charge in [-0.2, -0.15) is 0 Å². The van der Waals surface area contributed by atoms with Gasteiger partial charge in [-0.15, -0.1) is 0 Å². The lowest BCUT2D eigenvalue weighted by atomic mass is 9.95. The van der Waals surface area contributed by atoms with Crippen LogP contribution in [0.3, 0.4) is 0 Å². The van der Waals surface area contributed by atoms with E-state index in [-0.39, 0.29) is 17.9 Å². The highest BCUT2D eigenvalue weighted by atomic mass is 16.5. The van der Waals surface area contributed by atoms with Crippen molar-refractivity contribution in [1.82, 2.24) is 5.32 Å². The average Bonchev–Trinajstić information content (AvgIpc) is 2.94. The lowest BCUT2D eigenvalue weighted by Gasteiger charge is -2.20. The molecule has 1 saturated heterocycles. The molecule has 2 fully saturated rings. The first-order valence-electron chi connectivity index (χ1n) is 6.81. The standard InChI is InChI=1S/C13H24N2O2/c1-9-12(5-6-17-9)13(16)15-8-11-4-2-3-10(11)7-14/h9-12H,2-8,14H2,1H3,(H,15,16). The zero-order valence-electron chi connectivity index (χ0n) is 10.7. The SMILES string of the molecule is CC1OCCC1C(=O)NCC1CCCC1CN. The summed E-state index contributed by atoms with van der Waals surface area (Å²) >= 11 is 0. The summed E-state index contributed by atoms with van der Waals surface area (Å²) in [6.07, 6.45) is 4.62. The Morgan fingerprint density at radius 1 is 1.35 bits per heavy atom. The van der Waals surface area contributed by atoms with Crippen molar-refractivity contribution in [2.24, 2.45) is 23.5 Å². The number of hydrogen-bond donors (Lipinski definition) is 2. The van der Waals surface area contributed by atoms with Crippen molar-refractivity contribution >= 4 is 5.91 Å². The molecule has 1 saturated carbocycles. The summed E-state index contributed by atoms with van der Waals surface area (Å²) in [6.45, 7) is 4.25. The molecule has 0 aromatic rings. The van der Waals surface area contributed by atoms with E-state index in [9.17, 15) is 4.79 Å². The summed E-state index contributed by atoms with van der Waals surface area (Å²) in [5, 5.41) is 3.09. The van der Waals surface area contributed by atoms with Crippen LogP contribution in [-0.4, -0.2) is 31.7 Å². The zero-order valence-corrected chi connectivity index (χ0v) is 10.7. The molecule has 4 heteroatoms. The van der Waals surface area contributed by atoms with Gasteiger partial charge >= 0.3 is 0 Å². The van der Waals surface area contributed by atoms with E-state index < -0.39 is 0 Å². The Morgan fingerprint density at radius 3 is 2.76 bits per heavy atom. The van der Waals surface area contributed by atoms with Gasteiger partial charge in [-0.05, 0) is 44.6 Å². The molecule has 4 nitrogen and oxygen atoms in total. The molecule has 1 aliphatic carbocycles. The molecule has 0 aromatic heterocycles. The van der Waals surface area contributed by atoms with E-state index in [2.05, 4.69) is 5.32 Å². The largest absolute Gasteiger partial charge is 0.378 e. The van der Waals surface area contributed by atoms with E-state index in [0.29, 0.717) is 18.4 Å². The normalized spacial score (nSPS) is 37.3. The van der Waals surface area contributed by atoms with Gasteiger partial charge in [0.25, 0.3) is 0 Å². The van der Waals surface area contributed by atoms with E-state index in [1.807, 2.05) is 6.92 Å². The van der Waals surface area contributed by atoms with Crippen LogP contribution in [0, 0.1) is 17.8 Å². The molecule has 3 N–H and O–H groups in total. The maximum absolute atomic E-state index is 12.0. The fraction of sp³-hybridized carbons (Fsp3) is 0.923. The summed E-state index contributed by atoms with van der Waals surface area (Å²) in [4.78, 5) is 12.0. The van der Waals surface area contributed by atoms with Crippen molar-refractivity contribution in [2.45, 2.75) is 38.7 Å². The molecule has 0 spiro atoms. The maximum atomic E-state index is 12.0. The predicted octanol–water partition coefficient (Wildman–Crippen LogP) is 0.903. The van der Waals surface area contributed by atoms with Crippen LogP contribution >= 0.6 is 0 Å². The fourth-order valence-corrected chi connectivity index (χ4v) is 3.13. The Kier molecular flexibility index (Phi) is 4.40. The van der Waals surface area contributed by atoms with Gasteiger partial charge < -0.3 is 15.8 Å². The molecule has 2 rings (SSSR count). The smallest absolute Gasteiger partial charge is 0.225 e. The van der Waals surface area contributed by atoms with Crippen molar-refractivity contribution in [3.05, 3.63) is 0 Å². The highest BCUT2D eigenvalue weighted by Crippen LogP contribution is 2.30. The molecule has 4 atom stereocenters. The van der Waals surface area contributed by atoms with Crippen LogP contribution in [0.15, 0.2) is 0 Å². The van der Waals surface area contributed by atoms with Crippen molar-refractivity contribution < 1.29 is 9.53 Å². The second-order valence-corrected chi connectivity index (χ2v) is 5.40. The zero-order chi connectivity index (χ0) is 12.3. The first-order chi connectivity index (χ1) is 8.22. The van der Waals surface area contributed by atoms with Gasteiger partial charge in [0.05, 0.1) is 12.0 Å². The first kappa shape index (κ1) is 12.8. The molecular formula is C13H24N2O2. The highest BCUT2D eigenvalue weighted by molar-refractivity contribution is 5.79. The van der Waals surface area contributed by atoms with Crippen molar-refractivity contribution in [1.29, 1.82) is 0 Å². The van der Waals surface area contributed by atoms with Crippen LogP contribution in [-0.2, 0) is 9.53 Å². The molecule has 2 aliphatic rings. The third kappa shape index (κ3) is 2.99. The summed E-state index contributed by atoms with van der Waals surface area (Å²) in [6, 6.07) is 0. The van der Waals surface area contributed by atoms with E-state index in [1.54, 1.807) is 0 Å². The topological polar surface area (TPSA) is 64.3 Å². The number of carbonyl (C=O) groups is 1. The fourth-order valence-electron chi connectivity index (χ4n) is 3.13. The average molecular weight is 240 g/mol. The van der Waals surface area contributed by atoms with Crippen molar-refractivity contribution in [2.75, 3.05) is 19.7 Å². The van der Waals surface area contributed by atoms with E-state index in [4.69, 9.17) is 10.5 Å². The highest BCUT2D eigenvalue weighted by Gasteiger charge is 2.32. The Morgan fingerprint density at radius 2 is 2.12 bits per heavy atom. The second-order valence-electron chi connectivity index (χ2n) is 5.40. The molecular weight excluding hydrogens is 216 g/mol. The van der Waals surface area contributed by atoms with Gasteiger partial charge in [-0.3, -0.25) is 4.79 Å². The number of nitrogens with two attached hydrogens (primary N) is 1. The van der Waals surface area contributed by atoms with Gasteiger partial charge in [0, 0.05) is 13.2 Å². The number of carbonyl (C=O) groups excluding carboxylic acids is 1. The summed E-state index contributed by atoms with van der Waals surface area (Å²) in [5.41, 5.74) is 5.74. The monoisotopic (exact) mass is 240 g/mol.